The van der Waals surface area contributed by atoms with Crippen molar-refractivity contribution in [3.63, 3.8) is 0 Å². The van der Waals surface area contributed by atoms with Crippen molar-refractivity contribution in [3.8, 4) is 56.6 Å². The molecule has 0 aromatic heterocycles. The Labute approximate surface area is 431 Å². The van der Waals surface area contributed by atoms with Gasteiger partial charge in [-0.2, -0.15) is 10.5 Å². The molecule has 0 bridgehead atoms. The van der Waals surface area contributed by atoms with Gasteiger partial charge >= 0.3 is 0 Å². The van der Waals surface area contributed by atoms with Gasteiger partial charge < -0.3 is 9.80 Å². The average Bonchev–Trinajstić information content (AvgIpc) is 3.61. The lowest BCUT2D eigenvalue weighted by Crippen LogP contribution is -2.34. The number of nitrogens with zero attached hydrogens (tertiary/aromatic N) is 4. The van der Waals surface area contributed by atoms with Crippen molar-refractivity contribution in [1.29, 1.82) is 10.5 Å². The van der Waals surface area contributed by atoms with E-state index in [2.05, 4.69) is 271 Å². The summed E-state index contributed by atoms with van der Waals surface area (Å²) in [5.74, 6) is 0. The maximum Gasteiger partial charge on any atom is 0.104 e. The van der Waals surface area contributed by atoms with Gasteiger partial charge in [-0.15, -0.1) is 0 Å². The molecule has 0 saturated carbocycles. The maximum absolute atomic E-state index is 12.4. The Balaban J connectivity index is 1.21. The summed E-state index contributed by atoms with van der Waals surface area (Å²) >= 11 is 0. The molecule has 0 fully saturated rings. The van der Waals surface area contributed by atoms with E-state index in [0.29, 0.717) is 16.8 Å². The van der Waals surface area contributed by atoms with Gasteiger partial charge in [-0.25, -0.2) is 0 Å². The van der Waals surface area contributed by atoms with E-state index in [-0.39, 0.29) is 0 Å². The first-order valence-electron chi connectivity index (χ1n) is 25.6. The normalized spacial score (nSPS) is 16.0. The highest BCUT2D eigenvalue weighted by atomic mass is 15.2. The van der Waals surface area contributed by atoms with E-state index >= 15 is 0 Å². The molecule has 0 N–H and O–H groups in total. The van der Waals surface area contributed by atoms with Crippen molar-refractivity contribution in [3.05, 3.63) is 239 Å². The van der Waals surface area contributed by atoms with Crippen LogP contribution in [-0.4, -0.2) is 0 Å². The van der Waals surface area contributed by atoms with E-state index in [4.69, 9.17) is 0 Å². The summed E-state index contributed by atoms with van der Waals surface area (Å²) < 4.78 is 0. The van der Waals surface area contributed by atoms with Gasteiger partial charge in [0.25, 0.3) is 0 Å². The van der Waals surface area contributed by atoms with Crippen LogP contribution in [0.15, 0.2) is 194 Å². The van der Waals surface area contributed by atoms with Crippen molar-refractivity contribution in [1.82, 2.24) is 0 Å². The lowest BCUT2D eigenvalue weighted by atomic mass is 9.71. The number of fused-ring (bicyclic) bond motifs is 5. The quantitative estimate of drug-likeness (QED) is 0.167. The molecule has 73 heavy (non-hydrogen) atoms. The number of anilines is 6. The van der Waals surface area contributed by atoms with Crippen molar-refractivity contribution in [2.45, 2.75) is 83.5 Å². The molecule has 12 rings (SSSR count). The lowest BCUT2D eigenvalue weighted by Gasteiger charge is -2.46. The Kier molecular flexibility index (Phi) is 10.4. The van der Waals surface area contributed by atoms with E-state index in [0.717, 1.165) is 102 Å². The van der Waals surface area contributed by atoms with Crippen LogP contribution >= 0.6 is 0 Å². The van der Waals surface area contributed by atoms with Crippen LogP contribution in [0.3, 0.4) is 0 Å². The molecule has 4 nitrogen and oxygen atoms in total. The summed E-state index contributed by atoms with van der Waals surface area (Å²) in [4.78, 5) is 4.70. The zero-order valence-corrected chi connectivity index (χ0v) is 43.0. The van der Waals surface area contributed by atoms with Gasteiger partial charge in [0, 0.05) is 10.8 Å². The van der Waals surface area contributed by atoms with E-state index in [1.165, 1.54) is 11.1 Å². The van der Waals surface area contributed by atoms with Crippen molar-refractivity contribution in [2.75, 3.05) is 9.80 Å². The third kappa shape index (κ3) is 7.00. The Morgan fingerprint density at radius 1 is 0.329 bits per heavy atom. The van der Waals surface area contributed by atoms with E-state index < -0.39 is 21.7 Å². The fourth-order valence-electron chi connectivity index (χ4n) is 13.2. The molecule has 3 aliphatic rings. The molecule has 1 aliphatic carbocycles. The van der Waals surface area contributed by atoms with E-state index in [1.807, 2.05) is 0 Å². The molecule has 2 aliphatic heterocycles. The van der Waals surface area contributed by atoms with Crippen LogP contribution in [0.4, 0.5) is 34.1 Å². The van der Waals surface area contributed by atoms with Crippen molar-refractivity contribution < 1.29 is 0 Å². The topological polar surface area (TPSA) is 54.1 Å². The van der Waals surface area contributed by atoms with Crippen molar-refractivity contribution >= 4 is 34.1 Å². The average molecular weight is 943 g/mol. The maximum atomic E-state index is 12.4. The van der Waals surface area contributed by atoms with Gasteiger partial charge in [-0.1, -0.05) is 201 Å². The molecule has 0 radical (unpaired) electrons. The third-order valence-electron chi connectivity index (χ3n) is 16.4. The van der Waals surface area contributed by atoms with Crippen molar-refractivity contribution in [2.24, 2.45) is 0 Å². The highest BCUT2D eigenvalue weighted by Crippen LogP contribution is 2.64. The lowest BCUT2D eigenvalue weighted by molar-refractivity contribution is 0.403. The second-order valence-corrected chi connectivity index (χ2v) is 22.7. The second kappa shape index (κ2) is 16.6. The van der Waals surface area contributed by atoms with Gasteiger partial charge in [-0.05, 0) is 144 Å². The number of rotatable bonds is 6. The van der Waals surface area contributed by atoms with E-state index in [9.17, 15) is 10.5 Å². The number of hydrogen-bond acceptors (Lipinski definition) is 4. The molecule has 0 saturated heterocycles. The Bertz CT molecular complexity index is 3590. The molecule has 9 aromatic rings. The monoisotopic (exact) mass is 942 g/mol. The minimum Gasteiger partial charge on any atom is -0.308 e. The molecular formula is C69H58N4. The van der Waals surface area contributed by atoms with Crippen LogP contribution in [-0.2, 0) is 21.7 Å². The second-order valence-electron chi connectivity index (χ2n) is 22.7. The van der Waals surface area contributed by atoms with Gasteiger partial charge in [0.05, 0.1) is 39.7 Å². The molecule has 9 aromatic carbocycles. The highest BCUT2D eigenvalue weighted by Gasteiger charge is 2.51. The predicted octanol–water partition coefficient (Wildman–Crippen LogP) is 18.3. The summed E-state index contributed by atoms with van der Waals surface area (Å²) in [7, 11) is 0. The predicted molar refractivity (Wildman–Crippen MR) is 302 cm³/mol. The summed E-state index contributed by atoms with van der Waals surface area (Å²) in [6, 6.07) is 75.4. The Morgan fingerprint density at radius 3 is 0.918 bits per heavy atom. The van der Waals surface area contributed by atoms with Crippen LogP contribution < -0.4 is 9.80 Å². The number of hydrogen-bond donors (Lipinski definition) is 0. The zero-order chi connectivity index (χ0) is 50.6. The minimum atomic E-state index is -0.472. The highest BCUT2D eigenvalue weighted by molar-refractivity contribution is 6.01. The fraction of sp³-hybridized carbons (Fsp3) is 0.188. The van der Waals surface area contributed by atoms with Gasteiger partial charge in [0.15, 0.2) is 0 Å². The van der Waals surface area contributed by atoms with E-state index in [1.54, 1.807) is 0 Å². The standard InChI is InChI=1S/C69H58N4/c1-66(2)43-67(3,4)63-62(66)52(41-70)64(72-58-33-29-48(44-21-13-9-14-22-44)37-54(58)68(5,6)55-38-49(30-34-59(55)72)45-23-15-10-16-24-45)53(42-71)65(63)73-60-35-31-50(46-25-17-11-18-26-46)39-56(60)69(7,8)57-40-51(32-36-61(57)73)47-27-19-12-20-28-47/h9-40H,43H2,1-8H3. The molecule has 0 amide bonds. The Morgan fingerprint density at radius 2 is 0.616 bits per heavy atom. The van der Waals surface area contributed by atoms with Crippen LogP contribution in [0, 0.1) is 22.7 Å². The summed E-state index contributed by atoms with van der Waals surface area (Å²) in [6.45, 7) is 18.5. The molecule has 4 heteroatoms. The summed E-state index contributed by atoms with van der Waals surface area (Å²) in [6.07, 6.45) is 0.797. The first kappa shape index (κ1) is 45.7. The molecule has 2 heterocycles. The van der Waals surface area contributed by atoms with Crippen LogP contribution in [0.1, 0.15) is 106 Å². The smallest absolute Gasteiger partial charge is 0.104 e. The fourth-order valence-corrected chi connectivity index (χ4v) is 13.2. The summed E-state index contributed by atoms with van der Waals surface area (Å²) in [5.41, 5.74) is 20.4. The number of nitriles is 2. The third-order valence-corrected chi connectivity index (χ3v) is 16.4. The Hall–Kier alpha value is -8.44. The molecule has 0 atom stereocenters. The SMILES string of the molecule is CC1(C)CC(C)(C)c2c(N3c4ccc(-c5ccccc5)cc4C(C)(C)c4cc(-c5ccccc5)ccc43)c(C#N)c(N3c4ccc(-c5ccccc5)cc4C(C)(C)c4cc(-c5ccccc5)ccc43)c(C#N)c21. The first-order chi connectivity index (χ1) is 35.1. The van der Waals surface area contributed by atoms with Crippen LogP contribution in [0.2, 0.25) is 0 Å². The molecule has 0 unspecified atom stereocenters. The number of benzene rings is 9. The van der Waals surface area contributed by atoms with Gasteiger partial charge in [-0.3, -0.25) is 0 Å². The minimum absolute atomic E-state index is 0.417. The largest absolute Gasteiger partial charge is 0.308 e. The zero-order valence-electron chi connectivity index (χ0n) is 43.0. The molecule has 0 spiro atoms. The first-order valence-corrected chi connectivity index (χ1v) is 25.6. The van der Waals surface area contributed by atoms with Gasteiger partial charge in [0.1, 0.15) is 17.7 Å². The van der Waals surface area contributed by atoms with Gasteiger partial charge in [0.2, 0.25) is 0 Å². The summed E-state index contributed by atoms with van der Waals surface area (Å²) in [5, 5.41) is 24.4. The molecular weight excluding hydrogens is 885 g/mol. The molecule has 354 valence electrons. The van der Waals surface area contributed by atoms with Crippen LogP contribution in [0.25, 0.3) is 44.5 Å². The van der Waals surface area contributed by atoms with Crippen LogP contribution in [0.5, 0.6) is 0 Å².